The van der Waals surface area contributed by atoms with Crippen LogP contribution in [0.5, 0.6) is 0 Å². The quantitative estimate of drug-likeness (QED) is 0.455. The number of aliphatic hydroxyl groups is 1. The minimum Gasteiger partial charge on any atom is -0.386 e. The van der Waals surface area contributed by atoms with E-state index in [2.05, 4.69) is 5.32 Å². The van der Waals surface area contributed by atoms with Gasteiger partial charge in [-0.25, -0.2) is 4.39 Å². The number of amides is 1. The fraction of sp³-hybridized carbons (Fsp3) is 0.269. The number of hydrogen-bond acceptors (Lipinski definition) is 2. The third kappa shape index (κ3) is 5.79. The molecule has 3 aromatic rings. The SMILES string of the molecule is Cc1ccc(C(=O)NC(Cc2ccc(C(F)(F)F)cc2)C(O)c2ccc(F)cc2)c(C)c1C. The highest BCUT2D eigenvalue weighted by Gasteiger charge is 2.30. The number of benzene rings is 3. The number of nitrogens with one attached hydrogen (secondary N) is 1. The fourth-order valence-corrected chi connectivity index (χ4v) is 3.67. The third-order valence-electron chi connectivity index (χ3n) is 5.95. The Kier molecular flexibility index (Phi) is 7.22. The zero-order chi connectivity index (χ0) is 24.3. The maximum Gasteiger partial charge on any atom is 0.416 e. The van der Waals surface area contributed by atoms with E-state index in [4.69, 9.17) is 0 Å². The summed E-state index contributed by atoms with van der Waals surface area (Å²) in [6, 6.07) is 12.5. The van der Waals surface area contributed by atoms with Crippen molar-refractivity contribution >= 4 is 5.91 Å². The van der Waals surface area contributed by atoms with Crippen LogP contribution in [-0.4, -0.2) is 17.1 Å². The summed E-state index contributed by atoms with van der Waals surface area (Å²) in [5.74, 6) is -0.881. The lowest BCUT2D eigenvalue weighted by Gasteiger charge is -2.25. The van der Waals surface area contributed by atoms with Crippen LogP contribution in [0.2, 0.25) is 0 Å². The summed E-state index contributed by atoms with van der Waals surface area (Å²) in [4.78, 5) is 13.1. The molecule has 0 saturated heterocycles. The summed E-state index contributed by atoms with van der Waals surface area (Å²) >= 11 is 0. The molecule has 2 N–H and O–H groups in total. The van der Waals surface area contributed by atoms with Gasteiger partial charge in [0.1, 0.15) is 5.82 Å². The summed E-state index contributed by atoms with van der Waals surface area (Å²) in [7, 11) is 0. The summed E-state index contributed by atoms with van der Waals surface area (Å²) in [6.07, 6.45) is -5.59. The van der Waals surface area contributed by atoms with E-state index in [1.165, 1.54) is 36.4 Å². The summed E-state index contributed by atoms with van der Waals surface area (Å²) < 4.78 is 52.0. The lowest BCUT2D eigenvalue weighted by molar-refractivity contribution is -0.137. The molecule has 1 amide bonds. The molecule has 33 heavy (non-hydrogen) atoms. The van der Waals surface area contributed by atoms with Crippen molar-refractivity contribution in [2.45, 2.75) is 45.5 Å². The zero-order valence-electron chi connectivity index (χ0n) is 18.5. The van der Waals surface area contributed by atoms with Crippen molar-refractivity contribution in [1.29, 1.82) is 0 Å². The number of alkyl halides is 3. The Bertz CT molecular complexity index is 1120. The van der Waals surface area contributed by atoms with Crippen molar-refractivity contribution in [3.05, 3.63) is 105 Å². The average molecular weight is 459 g/mol. The predicted octanol–water partition coefficient (Wildman–Crippen LogP) is 5.84. The van der Waals surface area contributed by atoms with E-state index < -0.39 is 35.6 Å². The van der Waals surface area contributed by atoms with E-state index in [9.17, 15) is 27.5 Å². The van der Waals surface area contributed by atoms with Gasteiger partial charge in [0.2, 0.25) is 0 Å². The number of aryl methyl sites for hydroxylation is 1. The second kappa shape index (κ2) is 9.75. The molecular formula is C26H25F4NO2. The van der Waals surface area contributed by atoms with Crippen molar-refractivity contribution in [3.63, 3.8) is 0 Å². The highest BCUT2D eigenvalue weighted by Crippen LogP contribution is 2.30. The monoisotopic (exact) mass is 459 g/mol. The van der Waals surface area contributed by atoms with E-state index in [-0.39, 0.29) is 6.42 Å². The molecule has 2 atom stereocenters. The first kappa shape index (κ1) is 24.5. The third-order valence-corrected chi connectivity index (χ3v) is 5.95. The first-order valence-electron chi connectivity index (χ1n) is 10.4. The Morgan fingerprint density at radius 1 is 0.909 bits per heavy atom. The molecule has 174 valence electrons. The molecule has 0 fully saturated rings. The van der Waals surface area contributed by atoms with Gasteiger partial charge in [-0.3, -0.25) is 4.79 Å². The minimum atomic E-state index is -4.46. The van der Waals surface area contributed by atoms with Gasteiger partial charge in [0.25, 0.3) is 5.91 Å². The molecule has 7 heteroatoms. The van der Waals surface area contributed by atoms with E-state index in [0.717, 1.165) is 28.8 Å². The molecule has 0 aliphatic rings. The van der Waals surface area contributed by atoms with E-state index in [1.54, 1.807) is 6.07 Å². The molecule has 0 bridgehead atoms. The van der Waals surface area contributed by atoms with Gasteiger partial charge >= 0.3 is 6.18 Å². The van der Waals surface area contributed by atoms with Crippen molar-refractivity contribution in [2.75, 3.05) is 0 Å². The predicted molar refractivity (Wildman–Crippen MR) is 118 cm³/mol. The van der Waals surface area contributed by atoms with Crippen LogP contribution in [0.1, 0.15) is 49.8 Å². The summed E-state index contributed by atoms with van der Waals surface area (Å²) in [6.45, 7) is 5.68. The van der Waals surface area contributed by atoms with E-state index in [1.807, 2.05) is 26.8 Å². The number of hydrogen-bond donors (Lipinski definition) is 2. The Hall–Kier alpha value is -3.19. The first-order valence-corrected chi connectivity index (χ1v) is 10.4. The Morgan fingerprint density at radius 3 is 2.09 bits per heavy atom. The van der Waals surface area contributed by atoms with Crippen LogP contribution in [-0.2, 0) is 12.6 Å². The normalized spacial score (nSPS) is 13.5. The van der Waals surface area contributed by atoms with E-state index >= 15 is 0 Å². The van der Waals surface area contributed by atoms with Crippen LogP contribution in [0.3, 0.4) is 0 Å². The molecule has 2 unspecified atom stereocenters. The summed E-state index contributed by atoms with van der Waals surface area (Å²) in [5.41, 5.74) is 3.37. The van der Waals surface area contributed by atoms with Crippen molar-refractivity contribution in [2.24, 2.45) is 0 Å². The molecule has 0 spiro atoms. The van der Waals surface area contributed by atoms with Crippen molar-refractivity contribution in [1.82, 2.24) is 5.32 Å². The second-order valence-corrected chi connectivity index (χ2v) is 8.16. The van der Waals surface area contributed by atoms with Gasteiger partial charge in [-0.1, -0.05) is 30.3 Å². The maximum absolute atomic E-state index is 13.3. The minimum absolute atomic E-state index is 0.0757. The molecular weight excluding hydrogens is 434 g/mol. The molecule has 3 nitrogen and oxygen atoms in total. The van der Waals surface area contributed by atoms with Gasteiger partial charge in [-0.15, -0.1) is 0 Å². The number of rotatable bonds is 6. The standard InChI is InChI=1S/C26H25F4NO2/c1-15-4-13-22(17(3)16(15)2)25(33)31-23(24(32)19-7-11-21(27)12-8-19)14-18-5-9-20(10-6-18)26(28,29)30/h4-13,23-24,32H,14H2,1-3H3,(H,31,33). The number of carbonyl (C=O) groups is 1. The number of carbonyl (C=O) groups excluding carboxylic acids is 1. The molecule has 0 aromatic heterocycles. The molecule has 0 radical (unpaired) electrons. The van der Waals surface area contributed by atoms with Crippen LogP contribution < -0.4 is 5.32 Å². The molecule has 0 aliphatic carbocycles. The lowest BCUT2D eigenvalue weighted by atomic mass is 9.94. The van der Waals surface area contributed by atoms with Crippen LogP contribution >= 0.6 is 0 Å². The lowest BCUT2D eigenvalue weighted by Crippen LogP contribution is -2.41. The van der Waals surface area contributed by atoms with Gasteiger partial charge in [-0.05, 0) is 85.3 Å². The largest absolute Gasteiger partial charge is 0.416 e. The fourth-order valence-electron chi connectivity index (χ4n) is 3.67. The van der Waals surface area contributed by atoms with Gasteiger partial charge in [0.05, 0.1) is 17.7 Å². The van der Waals surface area contributed by atoms with Gasteiger partial charge in [-0.2, -0.15) is 13.2 Å². The smallest absolute Gasteiger partial charge is 0.386 e. The van der Waals surface area contributed by atoms with Gasteiger partial charge < -0.3 is 10.4 Å². The van der Waals surface area contributed by atoms with Crippen LogP contribution in [0.25, 0.3) is 0 Å². The number of aliphatic hydroxyl groups excluding tert-OH is 1. The van der Waals surface area contributed by atoms with Crippen molar-refractivity contribution < 1.29 is 27.5 Å². The van der Waals surface area contributed by atoms with Crippen LogP contribution in [0, 0.1) is 26.6 Å². The average Bonchev–Trinajstić information content (AvgIpc) is 2.77. The molecule has 0 aliphatic heterocycles. The van der Waals surface area contributed by atoms with Crippen LogP contribution in [0.4, 0.5) is 17.6 Å². The highest BCUT2D eigenvalue weighted by atomic mass is 19.4. The zero-order valence-corrected chi connectivity index (χ0v) is 18.5. The topological polar surface area (TPSA) is 49.3 Å². The molecule has 0 saturated carbocycles. The van der Waals surface area contributed by atoms with E-state index in [0.29, 0.717) is 16.7 Å². The Morgan fingerprint density at radius 2 is 1.52 bits per heavy atom. The second-order valence-electron chi connectivity index (χ2n) is 8.16. The molecule has 3 aromatic carbocycles. The first-order chi connectivity index (χ1) is 15.5. The van der Waals surface area contributed by atoms with Gasteiger partial charge in [0, 0.05) is 5.56 Å². The summed E-state index contributed by atoms with van der Waals surface area (Å²) in [5, 5.41) is 13.8. The van der Waals surface area contributed by atoms with Crippen LogP contribution in [0.15, 0.2) is 60.7 Å². The van der Waals surface area contributed by atoms with Crippen molar-refractivity contribution in [3.8, 4) is 0 Å². The maximum atomic E-state index is 13.3. The molecule has 0 heterocycles. The Balaban J connectivity index is 1.90. The Labute approximate surface area is 190 Å². The molecule has 3 rings (SSSR count). The highest BCUT2D eigenvalue weighted by molar-refractivity contribution is 5.96. The van der Waals surface area contributed by atoms with Gasteiger partial charge in [0.15, 0.2) is 0 Å². The number of halogens is 4.